The largest absolute Gasteiger partial charge is 0.455 e. The van der Waals surface area contributed by atoms with E-state index in [9.17, 15) is 10.1 Å². The number of nitro groups is 1. The SMILES string of the molecule is Cc1cc([N+](=O)[O-])c(C)cc1-c1ccc(/C=N/Nc2nnc(C)n2N)o1. The van der Waals surface area contributed by atoms with Crippen LogP contribution in [0, 0.1) is 30.9 Å². The van der Waals surface area contributed by atoms with Gasteiger partial charge >= 0.3 is 0 Å². The maximum atomic E-state index is 11.0. The molecule has 2 heterocycles. The number of nitrogens with zero attached hydrogens (tertiary/aromatic N) is 5. The van der Waals surface area contributed by atoms with E-state index in [1.54, 1.807) is 45.0 Å². The van der Waals surface area contributed by atoms with E-state index in [1.807, 2.05) is 0 Å². The number of hydrogen-bond donors (Lipinski definition) is 2. The molecule has 26 heavy (non-hydrogen) atoms. The number of aromatic nitrogens is 3. The average Bonchev–Trinajstić information content (AvgIpc) is 3.18. The number of hydrogen-bond acceptors (Lipinski definition) is 8. The standard InChI is InChI=1S/C16H17N7O3/c1-9-7-14(23(24)25)10(2)6-13(9)15-5-4-12(26-15)8-18-20-16-21-19-11(3)22(16)17/h4-8H,17H2,1-3H3,(H,20,21)/b18-8+. The van der Waals surface area contributed by atoms with E-state index in [1.165, 1.54) is 10.9 Å². The second-order valence-electron chi connectivity index (χ2n) is 5.72. The van der Waals surface area contributed by atoms with Crippen molar-refractivity contribution in [3.8, 4) is 11.3 Å². The second-order valence-corrected chi connectivity index (χ2v) is 5.72. The first-order valence-electron chi connectivity index (χ1n) is 7.69. The van der Waals surface area contributed by atoms with Gasteiger partial charge in [0, 0.05) is 17.2 Å². The normalized spacial score (nSPS) is 11.2. The van der Waals surface area contributed by atoms with Gasteiger partial charge in [0.05, 0.1) is 11.1 Å². The predicted molar refractivity (Wildman–Crippen MR) is 96.4 cm³/mol. The molecule has 0 saturated carbocycles. The summed E-state index contributed by atoms with van der Waals surface area (Å²) >= 11 is 0. The van der Waals surface area contributed by atoms with Crippen molar-refractivity contribution < 1.29 is 9.34 Å². The quantitative estimate of drug-likeness (QED) is 0.310. The highest BCUT2D eigenvalue weighted by Gasteiger charge is 2.16. The van der Waals surface area contributed by atoms with Gasteiger partial charge in [-0.15, -0.1) is 10.2 Å². The number of nitrogens with one attached hydrogen (secondary N) is 1. The molecule has 2 aromatic heterocycles. The third kappa shape index (κ3) is 3.24. The van der Waals surface area contributed by atoms with Gasteiger partial charge in [-0.3, -0.25) is 10.1 Å². The molecule has 0 spiro atoms. The zero-order valence-electron chi connectivity index (χ0n) is 14.4. The molecule has 0 atom stereocenters. The molecular formula is C16H17N7O3. The number of furan rings is 1. The predicted octanol–water partition coefficient (Wildman–Crippen LogP) is 2.53. The fraction of sp³-hybridized carbons (Fsp3) is 0.188. The summed E-state index contributed by atoms with van der Waals surface area (Å²) in [4.78, 5) is 10.6. The van der Waals surface area contributed by atoms with E-state index >= 15 is 0 Å². The Morgan fingerprint density at radius 1 is 1.27 bits per heavy atom. The molecular weight excluding hydrogens is 338 g/mol. The Labute approximate surface area is 148 Å². The smallest absolute Gasteiger partial charge is 0.272 e. The molecule has 3 rings (SSSR count). The highest BCUT2D eigenvalue weighted by Crippen LogP contribution is 2.30. The highest BCUT2D eigenvalue weighted by molar-refractivity contribution is 5.78. The van der Waals surface area contributed by atoms with Gasteiger partial charge in [-0.25, -0.2) is 10.1 Å². The summed E-state index contributed by atoms with van der Waals surface area (Å²) in [5.74, 6) is 7.66. The van der Waals surface area contributed by atoms with Crippen LogP contribution in [0.5, 0.6) is 0 Å². The average molecular weight is 355 g/mol. The van der Waals surface area contributed by atoms with Gasteiger partial charge in [-0.1, -0.05) is 0 Å². The number of benzene rings is 1. The summed E-state index contributed by atoms with van der Waals surface area (Å²) in [5.41, 5.74) is 4.87. The van der Waals surface area contributed by atoms with Gasteiger partial charge < -0.3 is 10.3 Å². The summed E-state index contributed by atoms with van der Waals surface area (Å²) in [5, 5.41) is 22.7. The van der Waals surface area contributed by atoms with E-state index in [0.29, 0.717) is 28.9 Å². The molecule has 3 N–H and O–H groups in total. The van der Waals surface area contributed by atoms with Gasteiger partial charge in [0.1, 0.15) is 11.5 Å². The molecule has 0 fully saturated rings. The van der Waals surface area contributed by atoms with Crippen LogP contribution in [0.4, 0.5) is 11.6 Å². The molecule has 0 bridgehead atoms. The Morgan fingerprint density at radius 2 is 2.04 bits per heavy atom. The van der Waals surface area contributed by atoms with Crippen molar-refractivity contribution in [3.05, 3.63) is 57.1 Å². The van der Waals surface area contributed by atoms with E-state index in [4.69, 9.17) is 10.3 Å². The number of nitro benzene ring substituents is 1. The topological polar surface area (TPSA) is 137 Å². The molecule has 0 aliphatic carbocycles. The summed E-state index contributed by atoms with van der Waals surface area (Å²) < 4.78 is 7.02. The second kappa shape index (κ2) is 6.67. The van der Waals surface area contributed by atoms with Gasteiger partial charge in [0.2, 0.25) is 0 Å². The number of nitrogens with two attached hydrogens (primary N) is 1. The van der Waals surface area contributed by atoms with Crippen molar-refractivity contribution >= 4 is 17.9 Å². The molecule has 0 radical (unpaired) electrons. The van der Waals surface area contributed by atoms with Crippen molar-refractivity contribution in [2.45, 2.75) is 20.8 Å². The van der Waals surface area contributed by atoms with Crippen LogP contribution >= 0.6 is 0 Å². The summed E-state index contributed by atoms with van der Waals surface area (Å²) in [7, 11) is 0. The zero-order chi connectivity index (χ0) is 18.8. The van der Waals surface area contributed by atoms with Crippen LogP contribution in [-0.4, -0.2) is 26.0 Å². The molecule has 0 aliphatic rings. The lowest BCUT2D eigenvalue weighted by molar-refractivity contribution is -0.385. The lowest BCUT2D eigenvalue weighted by Crippen LogP contribution is -2.13. The summed E-state index contributed by atoms with van der Waals surface area (Å²) in [6.07, 6.45) is 1.47. The number of rotatable bonds is 5. The highest BCUT2D eigenvalue weighted by atomic mass is 16.6. The molecule has 134 valence electrons. The Kier molecular flexibility index (Phi) is 4.40. The first-order chi connectivity index (χ1) is 12.4. The molecule has 0 aliphatic heterocycles. The van der Waals surface area contributed by atoms with Gasteiger partial charge in [-0.2, -0.15) is 5.10 Å². The van der Waals surface area contributed by atoms with Crippen molar-refractivity contribution in [1.29, 1.82) is 0 Å². The van der Waals surface area contributed by atoms with Gasteiger partial charge in [0.15, 0.2) is 5.82 Å². The van der Waals surface area contributed by atoms with E-state index in [-0.39, 0.29) is 5.69 Å². The van der Waals surface area contributed by atoms with Crippen LogP contribution in [0.3, 0.4) is 0 Å². The minimum atomic E-state index is -0.393. The van der Waals surface area contributed by atoms with E-state index in [2.05, 4.69) is 20.7 Å². The Balaban J connectivity index is 1.80. The monoisotopic (exact) mass is 355 g/mol. The lowest BCUT2D eigenvalue weighted by atomic mass is 10.0. The number of anilines is 1. The van der Waals surface area contributed by atoms with Gasteiger partial charge in [0.25, 0.3) is 11.6 Å². The van der Waals surface area contributed by atoms with E-state index in [0.717, 1.165) is 11.1 Å². The molecule has 0 unspecified atom stereocenters. The zero-order valence-corrected chi connectivity index (χ0v) is 14.4. The molecule has 10 heteroatoms. The first-order valence-corrected chi connectivity index (χ1v) is 7.69. The van der Waals surface area contributed by atoms with Crippen LogP contribution in [0.15, 0.2) is 33.8 Å². The van der Waals surface area contributed by atoms with Crippen LogP contribution < -0.4 is 11.3 Å². The Morgan fingerprint density at radius 3 is 2.69 bits per heavy atom. The Bertz CT molecular complexity index is 1000. The van der Waals surface area contributed by atoms with Crippen LogP contribution in [0.25, 0.3) is 11.3 Å². The third-order valence-corrected chi connectivity index (χ3v) is 3.85. The molecule has 3 aromatic rings. The maximum Gasteiger partial charge on any atom is 0.272 e. The molecule has 0 amide bonds. The number of nitrogen functional groups attached to an aromatic ring is 1. The van der Waals surface area contributed by atoms with Crippen molar-refractivity contribution in [2.75, 3.05) is 11.3 Å². The van der Waals surface area contributed by atoms with Crippen molar-refractivity contribution in [3.63, 3.8) is 0 Å². The summed E-state index contributed by atoms with van der Waals surface area (Å²) in [6, 6.07) is 6.81. The number of hydrazone groups is 1. The van der Waals surface area contributed by atoms with Crippen LogP contribution in [0.2, 0.25) is 0 Å². The first kappa shape index (κ1) is 17.1. The molecule has 0 saturated heterocycles. The van der Waals surface area contributed by atoms with Crippen LogP contribution in [-0.2, 0) is 0 Å². The lowest BCUT2D eigenvalue weighted by Gasteiger charge is -2.05. The molecule has 1 aromatic carbocycles. The number of aryl methyl sites for hydroxylation is 3. The summed E-state index contributed by atoms with van der Waals surface area (Å²) in [6.45, 7) is 5.21. The van der Waals surface area contributed by atoms with Crippen LogP contribution in [0.1, 0.15) is 22.7 Å². The maximum absolute atomic E-state index is 11.0. The van der Waals surface area contributed by atoms with E-state index < -0.39 is 4.92 Å². The van der Waals surface area contributed by atoms with Crippen molar-refractivity contribution in [1.82, 2.24) is 14.9 Å². The minimum Gasteiger partial charge on any atom is -0.455 e. The Hall–Kier alpha value is -3.69. The molecule has 10 nitrogen and oxygen atoms in total. The third-order valence-electron chi connectivity index (χ3n) is 3.85. The fourth-order valence-electron chi connectivity index (χ4n) is 2.43. The minimum absolute atomic E-state index is 0.0879. The van der Waals surface area contributed by atoms with Gasteiger partial charge in [-0.05, 0) is 44.5 Å². The van der Waals surface area contributed by atoms with Crippen molar-refractivity contribution in [2.24, 2.45) is 5.10 Å². The fourth-order valence-corrected chi connectivity index (χ4v) is 2.43.